The number of hydrogen-bond donors (Lipinski definition) is 0. The molecule has 0 spiro atoms. The molecule has 14 nitrogen and oxygen atoms in total. The Morgan fingerprint density at radius 1 is 0.209 bits per heavy atom. The number of benzene rings is 2. The van der Waals surface area contributed by atoms with Gasteiger partial charge in [0.1, 0.15) is 20.2 Å². The molecule has 17 heteroatoms. The van der Waals surface area contributed by atoms with Gasteiger partial charge >= 0.3 is 61.6 Å². The Morgan fingerprint density at radius 2 is 0.341 bits per heavy atom. The van der Waals surface area contributed by atoms with Gasteiger partial charge in [0.2, 0.25) is 0 Å². The number of esters is 4. The van der Waals surface area contributed by atoms with Crippen LogP contribution in [0, 0.1) is 0 Å². The van der Waals surface area contributed by atoms with Crippen molar-refractivity contribution in [2.75, 3.05) is 26.4 Å². The van der Waals surface area contributed by atoms with Gasteiger partial charge in [-0.05, 0) is 165 Å². The van der Waals surface area contributed by atoms with Gasteiger partial charge < -0.3 is 28.1 Å². The van der Waals surface area contributed by atoms with Crippen LogP contribution in [-0.2, 0) is 39.2 Å². The molecule has 0 fully saturated rings. The Labute approximate surface area is 824 Å². The van der Waals surface area contributed by atoms with Gasteiger partial charge in [0.05, 0.1) is 58.5 Å². The summed E-state index contributed by atoms with van der Waals surface area (Å²) < 4.78 is 92.0. The third-order valence-electron chi connectivity index (χ3n) is 25.0. The first-order valence-corrected chi connectivity index (χ1v) is 56.9. The summed E-state index contributed by atoms with van der Waals surface area (Å²) in [6.45, 7) is 9.82. The van der Waals surface area contributed by atoms with Crippen molar-refractivity contribution < 1.29 is 64.1 Å². The van der Waals surface area contributed by atoms with E-state index in [1.807, 2.05) is 0 Å². The van der Waals surface area contributed by atoms with Crippen molar-refractivity contribution in [3.8, 4) is 0 Å². The van der Waals surface area contributed by atoms with Crippen molar-refractivity contribution in [1.29, 1.82) is 0 Å². The van der Waals surface area contributed by atoms with Crippen LogP contribution in [0.2, 0.25) is 0 Å². The zero-order chi connectivity index (χ0) is 92.9. The Morgan fingerprint density at radius 3 is 0.488 bits per heavy atom. The van der Waals surface area contributed by atoms with E-state index in [0.29, 0.717) is 25.7 Å². The number of allylic oxidation sites excluding steroid dienone is 8. The van der Waals surface area contributed by atoms with Crippen molar-refractivity contribution in [2.24, 2.45) is 0 Å². The number of hydrogen-bond acceptors (Lipinski definition) is 14. The van der Waals surface area contributed by atoms with Gasteiger partial charge in [-0.1, -0.05) is 462 Å². The minimum atomic E-state index is -4.82. The molecule has 0 bridgehead atoms. The summed E-state index contributed by atoms with van der Waals surface area (Å²) in [5.74, 6) is -3.09. The van der Waals surface area contributed by atoms with E-state index < -0.39 is 53.9 Å². The van der Waals surface area contributed by atoms with Gasteiger partial charge in [0, 0.05) is 0 Å². The zero-order valence-corrected chi connectivity index (χ0v) is 87.6. The van der Waals surface area contributed by atoms with E-state index >= 15 is 0 Å². The van der Waals surface area contributed by atoms with Crippen molar-refractivity contribution in [3.63, 3.8) is 0 Å². The smallest absolute Gasteiger partial charge is 0.744 e. The number of ether oxygens (including phenoxy) is 4. The molecule has 0 amide bonds. The number of unbranched alkanes of at least 4 members (excludes halogenated alkanes) is 72. The monoisotopic (exact) mass is 1870 g/mol. The molecule has 0 unspecified atom stereocenters. The van der Waals surface area contributed by atoms with E-state index in [-0.39, 0.29) is 86.4 Å². The average Bonchev–Trinajstić information content (AvgIpc) is 0.812. The molecule has 0 saturated carbocycles. The largest absolute Gasteiger partial charge is 2.00 e. The number of carbonyl (C=O) groups excluding carboxylic acids is 4. The predicted molar refractivity (Wildman–Crippen MR) is 544 cm³/mol. The van der Waals surface area contributed by atoms with Crippen molar-refractivity contribution in [3.05, 3.63) is 107 Å². The standard InChI is InChI=1S/2C56H98O7S.Ca/c2*1-3-5-7-9-11-13-15-17-19-21-23-25-27-29-31-33-35-37-39-41-43-45-49-62-55(57)53-48-47-52(64(59,60)61)51-54(53)56(58)63-50-46-44-42-40-38-36-34-32-30-28-26-24-22-20-18-16-14-12-10-8-6-4-2;/h2*25-28,47-48,51H,3-24,29-46,49-50H2,1-2H3,(H,59,60,61);/q;;+2/p-2/b2*27-25+,28-26+;. The van der Waals surface area contributed by atoms with Gasteiger partial charge in [-0.2, -0.15) is 0 Å². The minimum Gasteiger partial charge on any atom is -0.744 e. The normalized spacial score (nSPS) is 11.8. The van der Waals surface area contributed by atoms with E-state index in [1.54, 1.807) is 0 Å². The molecule has 0 aliphatic rings. The second-order valence-corrected chi connectivity index (χ2v) is 39.9. The molecule has 2 aromatic carbocycles. The van der Waals surface area contributed by atoms with Crippen LogP contribution >= 0.6 is 0 Å². The third-order valence-corrected chi connectivity index (χ3v) is 26.7. The zero-order valence-electron chi connectivity index (χ0n) is 83.7. The van der Waals surface area contributed by atoms with Gasteiger partial charge in [0.25, 0.3) is 0 Å². The summed E-state index contributed by atoms with van der Waals surface area (Å²) in [5, 5.41) is 0. The summed E-state index contributed by atoms with van der Waals surface area (Å²) in [6, 6.07) is 6.31. The first-order chi connectivity index (χ1) is 62.6. The maximum atomic E-state index is 13.0. The first-order valence-electron chi connectivity index (χ1n) is 54.1. The molecule has 0 aliphatic heterocycles. The van der Waals surface area contributed by atoms with Gasteiger partial charge in [0.15, 0.2) is 0 Å². The van der Waals surface area contributed by atoms with Crippen molar-refractivity contribution in [2.45, 2.75) is 551 Å². The molecule has 129 heavy (non-hydrogen) atoms. The summed E-state index contributed by atoms with van der Waals surface area (Å²) in [5.41, 5.74) is -0.675. The summed E-state index contributed by atoms with van der Waals surface area (Å²) in [4.78, 5) is 50.8. The second kappa shape index (κ2) is 96.1. The first kappa shape index (κ1) is 125. The Balaban J connectivity index is 0.00000252. The fraction of sp³-hybridized carbons (Fsp3) is 0.786. The number of rotatable bonds is 94. The van der Waals surface area contributed by atoms with Crippen LogP contribution < -0.4 is 0 Å². The molecule has 0 atom stereocenters. The molecule has 0 heterocycles. The van der Waals surface area contributed by atoms with Crippen LogP contribution in [-0.4, -0.2) is 114 Å². The van der Waals surface area contributed by atoms with Crippen LogP contribution in [0.25, 0.3) is 0 Å². The van der Waals surface area contributed by atoms with Gasteiger partial charge in [-0.15, -0.1) is 0 Å². The minimum absolute atomic E-state index is 0. The molecule has 2 aromatic rings. The van der Waals surface area contributed by atoms with Crippen LogP contribution in [0.5, 0.6) is 0 Å². The van der Waals surface area contributed by atoms with Crippen LogP contribution in [0.3, 0.4) is 0 Å². The molecular formula is C112H194CaO14S2. The Bertz CT molecular complexity index is 3020. The van der Waals surface area contributed by atoms with E-state index in [2.05, 4.69) is 76.3 Å². The predicted octanol–water partition coefficient (Wildman–Crippen LogP) is 34.9. The number of carbonyl (C=O) groups is 4. The summed E-state index contributed by atoms with van der Waals surface area (Å²) in [6.07, 6.45) is 119. The maximum absolute atomic E-state index is 13.0. The topological polar surface area (TPSA) is 220 Å². The molecule has 0 saturated heterocycles. The van der Waals surface area contributed by atoms with Crippen LogP contribution in [0.1, 0.15) is 583 Å². The van der Waals surface area contributed by atoms with E-state index in [1.165, 1.54) is 423 Å². The summed E-state index contributed by atoms with van der Waals surface area (Å²) in [7, 11) is -9.65. The SMILES string of the molecule is CCCCCCCCCCCC/C=C/CCCCCCCCCCOC(=O)c1ccc(S(=O)(=O)[O-])cc1C(=O)OCCCCCCCCCC/C=C/CCCCCCCCCCCC.CCCCCCCCCCCC/C=C/CCCCCCCCCCOC(=O)c1ccc(S(=O)(=O)[O-])cc1C(=O)OCCCCCCCCCC/C=C/CCCCCCCCCCCC.[Ca+2]. The van der Waals surface area contributed by atoms with E-state index in [0.717, 1.165) is 101 Å². The third kappa shape index (κ3) is 82.4. The summed E-state index contributed by atoms with van der Waals surface area (Å²) >= 11 is 0. The van der Waals surface area contributed by atoms with Crippen LogP contribution in [0.4, 0.5) is 0 Å². The molecular weight excluding hydrogens is 1670 g/mol. The van der Waals surface area contributed by atoms with Crippen LogP contribution in [0.15, 0.2) is 94.8 Å². The fourth-order valence-electron chi connectivity index (χ4n) is 16.7. The van der Waals surface area contributed by atoms with Gasteiger partial charge in [-0.25, -0.2) is 36.0 Å². The van der Waals surface area contributed by atoms with Crippen molar-refractivity contribution >= 4 is 81.9 Å². The Hall–Kier alpha value is -3.64. The van der Waals surface area contributed by atoms with Gasteiger partial charge in [-0.3, -0.25) is 0 Å². The fourth-order valence-corrected chi connectivity index (χ4v) is 17.7. The molecule has 2 rings (SSSR count). The average molecular weight is 1870 g/mol. The molecule has 0 N–H and O–H groups in total. The quantitative estimate of drug-likeness (QED) is 0.0150. The van der Waals surface area contributed by atoms with E-state index in [4.69, 9.17) is 18.9 Å². The molecule has 0 aromatic heterocycles. The molecule has 740 valence electrons. The molecule has 0 aliphatic carbocycles. The molecule has 0 radical (unpaired) electrons. The van der Waals surface area contributed by atoms with E-state index in [9.17, 15) is 45.1 Å². The maximum Gasteiger partial charge on any atom is 2.00 e. The second-order valence-electron chi connectivity index (χ2n) is 37.1. The van der Waals surface area contributed by atoms with Crippen molar-refractivity contribution in [1.82, 2.24) is 0 Å². The Kier molecular flexibility index (Phi) is 93.3.